The molecule has 0 aliphatic carbocycles. The molecule has 2 atom stereocenters. The van der Waals surface area contributed by atoms with Gasteiger partial charge in [-0.2, -0.15) is 5.10 Å². The first-order chi connectivity index (χ1) is 12.1. The number of aliphatic hydroxyl groups excluding tert-OH is 1. The molecule has 0 saturated heterocycles. The maximum absolute atomic E-state index is 10.3. The summed E-state index contributed by atoms with van der Waals surface area (Å²) in [5.41, 5.74) is 1.27. The molecule has 0 fully saturated rings. The van der Waals surface area contributed by atoms with Gasteiger partial charge in [0.25, 0.3) is 0 Å². The summed E-state index contributed by atoms with van der Waals surface area (Å²) in [4.78, 5) is 6.70. The van der Waals surface area contributed by atoms with Crippen LogP contribution in [-0.4, -0.2) is 57.1 Å². The van der Waals surface area contributed by atoms with Crippen molar-refractivity contribution in [1.82, 2.24) is 25.0 Å². The minimum Gasteiger partial charge on any atom is -0.390 e. The molecule has 2 aromatic rings. The van der Waals surface area contributed by atoms with Gasteiger partial charge < -0.3 is 10.4 Å². The summed E-state index contributed by atoms with van der Waals surface area (Å²) in [6, 6.07) is 10.7. The Morgan fingerprint density at radius 3 is 2.92 bits per heavy atom. The van der Waals surface area contributed by atoms with E-state index in [2.05, 4.69) is 39.4 Å². The summed E-state index contributed by atoms with van der Waals surface area (Å²) >= 11 is 0. The highest BCUT2D eigenvalue weighted by Crippen LogP contribution is 2.13. The van der Waals surface area contributed by atoms with Crippen LogP contribution >= 0.6 is 0 Å². The number of hydrogen-bond donors (Lipinski definition) is 2. The van der Waals surface area contributed by atoms with Crippen LogP contribution in [-0.2, 0) is 25.9 Å². The van der Waals surface area contributed by atoms with Gasteiger partial charge in [0.1, 0.15) is 5.82 Å². The third-order valence-electron chi connectivity index (χ3n) is 4.68. The lowest BCUT2D eigenvalue weighted by atomic mass is 10.1. The fourth-order valence-electron chi connectivity index (χ4n) is 3.36. The van der Waals surface area contributed by atoms with Crippen molar-refractivity contribution >= 4 is 0 Å². The first-order valence-electron chi connectivity index (χ1n) is 9.20. The summed E-state index contributed by atoms with van der Waals surface area (Å²) in [6.45, 7) is 5.04. The zero-order valence-electron chi connectivity index (χ0n) is 15.2. The number of benzene rings is 1. The Labute approximate surface area is 149 Å². The Balaban J connectivity index is 1.41. The fourth-order valence-corrected chi connectivity index (χ4v) is 3.36. The minimum absolute atomic E-state index is 0.355. The average Bonchev–Trinajstić information content (AvgIpc) is 3.03. The monoisotopic (exact) mass is 343 g/mol. The van der Waals surface area contributed by atoms with E-state index in [-0.39, 0.29) is 6.10 Å². The highest BCUT2D eigenvalue weighted by Gasteiger charge is 2.21. The van der Waals surface area contributed by atoms with Crippen LogP contribution in [0, 0.1) is 0 Å². The van der Waals surface area contributed by atoms with Gasteiger partial charge in [-0.3, -0.25) is 4.90 Å². The first kappa shape index (κ1) is 18.0. The number of hydrogen-bond acceptors (Lipinski definition) is 5. The van der Waals surface area contributed by atoms with E-state index in [9.17, 15) is 5.11 Å². The molecule has 0 saturated carbocycles. The van der Waals surface area contributed by atoms with Gasteiger partial charge in [0.15, 0.2) is 5.82 Å². The fraction of sp³-hybridized carbons (Fsp3) is 0.579. The van der Waals surface area contributed by atoms with Gasteiger partial charge in [-0.25, -0.2) is 9.67 Å². The molecular formula is C19H29N5O. The number of likely N-dealkylation sites (N-methyl/N-ethyl adjacent to an activating group) is 1. The molecule has 1 aromatic heterocycles. The predicted octanol–water partition coefficient (Wildman–Crippen LogP) is 1.24. The van der Waals surface area contributed by atoms with Crippen LogP contribution in [0.15, 0.2) is 30.3 Å². The molecule has 0 unspecified atom stereocenters. The molecule has 0 amide bonds. The Morgan fingerprint density at radius 2 is 2.16 bits per heavy atom. The summed E-state index contributed by atoms with van der Waals surface area (Å²) < 4.78 is 2.02. The lowest BCUT2D eigenvalue weighted by Crippen LogP contribution is -2.44. The van der Waals surface area contributed by atoms with Gasteiger partial charge in [-0.1, -0.05) is 37.3 Å². The van der Waals surface area contributed by atoms with Crippen molar-refractivity contribution in [2.24, 2.45) is 0 Å². The van der Waals surface area contributed by atoms with Crippen LogP contribution in [0.4, 0.5) is 0 Å². The lowest BCUT2D eigenvalue weighted by Gasteiger charge is -2.26. The number of nitrogens with one attached hydrogen (secondary N) is 1. The maximum atomic E-state index is 10.3. The van der Waals surface area contributed by atoms with Crippen molar-refractivity contribution in [2.75, 3.05) is 20.1 Å². The van der Waals surface area contributed by atoms with Crippen LogP contribution in [0.1, 0.15) is 30.6 Å². The van der Waals surface area contributed by atoms with E-state index in [1.54, 1.807) is 0 Å². The molecule has 0 spiro atoms. The van der Waals surface area contributed by atoms with Gasteiger partial charge in [0.05, 0.1) is 12.6 Å². The van der Waals surface area contributed by atoms with E-state index in [4.69, 9.17) is 0 Å². The van der Waals surface area contributed by atoms with Gasteiger partial charge in [-0.05, 0) is 19.0 Å². The minimum atomic E-state index is -0.378. The molecule has 0 radical (unpaired) electrons. The summed E-state index contributed by atoms with van der Waals surface area (Å²) in [6.07, 6.45) is 2.50. The Kier molecular flexibility index (Phi) is 6.18. The zero-order chi connectivity index (χ0) is 17.6. The number of aliphatic hydroxyl groups is 1. The third kappa shape index (κ3) is 5.11. The van der Waals surface area contributed by atoms with Crippen LogP contribution in [0.25, 0.3) is 0 Å². The topological polar surface area (TPSA) is 66.2 Å². The molecular weight excluding hydrogens is 314 g/mol. The molecule has 3 rings (SSSR count). The molecule has 0 bridgehead atoms. The number of rotatable bonds is 8. The second kappa shape index (κ2) is 8.56. The first-order valence-corrected chi connectivity index (χ1v) is 9.20. The Bertz CT molecular complexity index is 657. The number of aryl methyl sites for hydroxylation is 2. The molecule has 1 aliphatic rings. The SMILES string of the molecule is CCc1nc2n(n1)C[C@@H](NC[C@@H](O)CN(C)Cc1ccccc1)CC2. The second-order valence-corrected chi connectivity index (χ2v) is 6.96. The molecule has 6 heteroatoms. The Hall–Kier alpha value is -1.76. The van der Waals surface area contributed by atoms with Crippen LogP contribution in [0.3, 0.4) is 0 Å². The second-order valence-electron chi connectivity index (χ2n) is 6.96. The molecule has 2 N–H and O–H groups in total. The van der Waals surface area contributed by atoms with E-state index in [0.717, 1.165) is 44.0 Å². The molecule has 6 nitrogen and oxygen atoms in total. The van der Waals surface area contributed by atoms with Gasteiger partial charge in [0, 0.05) is 38.5 Å². The van der Waals surface area contributed by atoms with Gasteiger partial charge in [-0.15, -0.1) is 0 Å². The highest BCUT2D eigenvalue weighted by atomic mass is 16.3. The quantitative estimate of drug-likeness (QED) is 0.755. The van der Waals surface area contributed by atoms with Gasteiger partial charge >= 0.3 is 0 Å². The van der Waals surface area contributed by atoms with Crippen LogP contribution in [0.2, 0.25) is 0 Å². The van der Waals surface area contributed by atoms with Crippen LogP contribution < -0.4 is 5.32 Å². The molecule has 2 heterocycles. The smallest absolute Gasteiger partial charge is 0.150 e. The Morgan fingerprint density at radius 1 is 1.36 bits per heavy atom. The summed E-state index contributed by atoms with van der Waals surface area (Å²) in [5, 5.41) is 18.4. The van der Waals surface area contributed by atoms with E-state index in [1.807, 2.05) is 29.9 Å². The van der Waals surface area contributed by atoms with E-state index < -0.39 is 0 Å². The van der Waals surface area contributed by atoms with E-state index >= 15 is 0 Å². The normalized spacial score (nSPS) is 18.3. The molecule has 1 aliphatic heterocycles. The van der Waals surface area contributed by atoms with Crippen molar-refractivity contribution in [3.8, 4) is 0 Å². The molecule has 25 heavy (non-hydrogen) atoms. The zero-order valence-corrected chi connectivity index (χ0v) is 15.2. The lowest BCUT2D eigenvalue weighted by molar-refractivity contribution is 0.116. The van der Waals surface area contributed by atoms with Gasteiger partial charge in [0.2, 0.25) is 0 Å². The summed E-state index contributed by atoms with van der Waals surface area (Å²) in [5.74, 6) is 2.02. The van der Waals surface area contributed by atoms with Crippen LogP contribution in [0.5, 0.6) is 0 Å². The predicted molar refractivity (Wildman–Crippen MR) is 98.3 cm³/mol. The third-order valence-corrected chi connectivity index (χ3v) is 4.68. The number of nitrogens with zero attached hydrogens (tertiary/aromatic N) is 4. The highest BCUT2D eigenvalue weighted by molar-refractivity contribution is 5.14. The van der Waals surface area contributed by atoms with Crippen molar-refractivity contribution in [3.05, 3.63) is 47.5 Å². The average molecular weight is 343 g/mol. The van der Waals surface area contributed by atoms with Crippen molar-refractivity contribution in [3.63, 3.8) is 0 Å². The maximum Gasteiger partial charge on any atom is 0.150 e. The number of fused-ring (bicyclic) bond motifs is 1. The standard InChI is InChI=1S/C19H29N5O/c1-3-18-21-19-10-9-16(13-24(19)22-18)20-11-17(25)14-23(2)12-15-7-5-4-6-8-15/h4-8,16-17,20,25H,3,9-14H2,1-2H3/t16-,17+/m0/s1. The largest absolute Gasteiger partial charge is 0.390 e. The number of aromatic nitrogens is 3. The van der Waals surface area contributed by atoms with Crippen molar-refractivity contribution in [1.29, 1.82) is 0 Å². The van der Waals surface area contributed by atoms with Crippen molar-refractivity contribution < 1.29 is 5.11 Å². The molecule has 136 valence electrons. The molecule has 1 aromatic carbocycles. The summed E-state index contributed by atoms with van der Waals surface area (Å²) in [7, 11) is 2.05. The van der Waals surface area contributed by atoms with E-state index in [0.29, 0.717) is 19.1 Å². The van der Waals surface area contributed by atoms with Crippen molar-refractivity contribution in [2.45, 2.75) is 51.4 Å². The van der Waals surface area contributed by atoms with E-state index in [1.165, 1.54) is 5.56 Å².